The van der Waals surface area contributed by atoms with E-state index in [1.165, 1.54) is 9.80 Å². The van der Waals surface area contributed by atoms with Gasteiger partial charge in [0.05, 0.1) is 6.04 Å². The largest absolute Gasteiger partial charge is 0.344 e. The molecule has 1 aromatic carbocycles. The molecule has 11 nitrogen and oxygen atoms in total. The van der Waals surface area contributed by atoms with Gasteiger partial charge in [0.2, 0.25) is 29.5 Å². The van der Waals surface area contributed by atoms with Gasteiger partial charge in [0, 0.05) is 59.1 Å². The third kappa shape index (κ3) is 10.8. The second kappa shape index (κ2) is 18.4. The smallest absolute Gasteiger partial charge is 0.245 e. The van der Waals surface area contributed by atoms with Crippen molar-refractivity contribution >= 4 is 46.7 Å². The number of carbonyl (C=O) groups excluding carboxylic acids is 5. The van der Waals surface area contributed by atoms with Crippen LogP contribution in [0.2, 0.25) is 5.02 Å². The van der Waals surface area contributed by atoms with E-state index in [0.29, 0.717) is 43.9 Å². The Labute approximate surface area is 309 Å². The second-order valence-corrected chi connectivity index (χ2v) is 15.7. The lowest BCUT2D eigenvalue weighted by Gasteiger charge is -2.36. The molecule has 0 aromatic heterocycles. The SMILES string of the molecule is CC(=O)N1CC=C(c2ccc(Cl)cc2C[C@H]2C(=O)N(C)CCCCCCC[C@H](N(C)C(=O)[C@@H](N)C3CC3)C(=O)N[C@@H](CC(C)C)C(=O)N2C)CC1. The number of nitrogens with one attached hydrogen (secondary N) is 1. The Morgan fingerprint density at radius 1 is 1.00 bits per heavy atom. The summed E-state index contributed by atoms with van der Waals surface area (Å²) in [5, 5.41) is 3.55. The minimum Gasteiger partial charge on any atom is -0.344 e. The molecular formula is C39H59ClN6O5. The highest BCUT2D eigenvalue weighted by Gasteiger charge is 2.40. The molecule has 1 saturated heterocycles. The fraction of sp³-hybridized carbons (Fsp3) is 0.667. The van der Waals surface area contributed by atoms with E-state index in [2.05, 4.69) is 5.32 Å². The van der Waals surface area contributed by atoms with Crippen molar-refractivity contribution in [1.82, 2.24) is 24.9 Å². The first-order valence-electron chi connectivity index (χ1n) is 18.8. The van der Waals surface area contributed by atoms with Gasteiger partial charge in [-0.15, -0.1) is 0 Å². The van der Waals surface area contributed by atoms with E-state index in [9.17, 15) is 24.0 Å². The van der Waals surface area contributed by atoms with Crippen LogP contribution in [0.25, 0.3) is 5.57 Å². The molecule has 51 heavy (non-hydrogen) atoms. The molecule has 1 saturated carbocycles. The lowest BCUT2D eigenvalue weighted by molar-refractivity contribution is -0.147. The Hall–Kier alpha value is -3.44. The number of hydrogen-bond acceptors (Lipinski definition) is 6. The van der Waals surface area contributed by atoms with E-state index in [4.69, 9.17) is 17.3 Å². The standard InChI is InChI=1S/C39H59ClN6O5/c1-25(2)22-32-37(49)45(6)34(24-29-23-30(40)15-16-31(29)27-17-20-46(21-18-27)26(3)47)38(50)43(4)19-11-9-7-8-10-12-33(36(48)42-32)44(5)39(51)35(41)28-13-14-28/h15-17,23,25,28,32-35H,7-14,18-22,24,41H2,1-6H3,(H,42,48)/t32-,33-,34-,35-/m0/s1. The Bertz CT molecular complexity index is 1460. The van der Waals surface area contributed by atoms with Crippen LogP contribution in [0.1, 0.15) is 96.1 Å². The average Bonchev–Trinajstić information content (AvgIpc) is 3.95. The monoisotopic (exact) mass is 726 g/mol. The maximum atomic E-state index is 14.5. The van der Waals surface area contributed by atoms with Crippen molar-refractivity contribution in [1.29, 1.82) is 0 Å². The highest BCUT2D eigenvalue weighted by atomic mass is 35.5. The summed E-state index contributed by atoms with van der Waals surface area (Å²) in [6.07, 6.45) is 9.88. The van der Waals surface area contributed by atoms with E-state index in [1.54, 1.807) is 37.9 Å². The molecule has 2 fully saturated rings. The van der Waals surface area contributed by atoms with Crippen LogP contribution in [0.4, 0.5) is 0 Å². The van der Waals surface area contributed by atoms with Gasteiger partial charge in [-0.3, -0.25) is 24.0 Å². The van der Waals surface area contributed by atoms with E-state index >= 15 is 0 Å². The molecule has 2 aliphatic heterocycles. The molecule has 3 aliphatic rings. The summed E-state index contributed by atoms with van der Waals surface area (Å²) in [5.74, 6) is -0.944. The molecule has 0 bridgehead atoms. The van der Waals surface area contributed by atoms with Gasteiger partial charge < -0.3 is 30.7 Å². The van der Waals surface area contributed by atoms with Crippen molar-refractivity contribution in [3.63, 3.8) is 0 Å². The van der Waals surface area contributed by atoms with Crippen molar-refractivity contribution < 1.29 is 24.0 Å². The normalized spacial score (nSPS) is 23.9. The Morgan fingerprint density at radius 3 is 2.31 bits per heavy atom. The Balaban J connectivity index is 1.67. The van der Waals surface area contributed by atoms with Crippen LogP contribution in [0.3, 0.4) is 0 Å². The number of halogens is 1. The zero-order valence-electron chi connectivity index (χ0n) is 31.5. The summed E-state index contributed by atoms with van der Waals surface area (Å²) in [6, 6.07) is 2.46. The minimum absolute atomic E-state index is 0.0240. The molecular weight excluding hydrogens is 668 g/mol. The maximum Gasteiger partial charge on any atom is 0.245 e. The fourth-order valence-corrected chi connectivity index (χ4v) is 7.53. The van der Waals surface area contributed by atoms with E-state index < -0.39 is 24.2 Å². The van der Waals surface area contributed by atoms with Crippen molar-refractivity contribution in [2.45, 2.75) is 116 Å². The summed E-state index contributed by atoms with van der Waals surface area (Å²) in [7, 11) is 5.07. The van der Waals surface area contributed by atoms with Gasteiger partial charge >= 0.3 is 0 Å². The predicted molar refractivity (Wildman–Crippen MR) is 201 cm³/mol. The van der Waals surface area contributed by atoms with Gasteiger partial charge in [0.25, 0.3) is 0 Å². The molecule has 1 aliphatic carbocycles. The molecule has 5 amide bonds. The summed E-state index contributed by atoms with van der Waals surface area (Å²) in [4.78, 5) is 74.7. The molecule has 4 atom stereocenters. The third-order valence-electron chi connectivity index (χ3n) is 10.8. The van der Waals surface area contributed by atoms with Gasteiger partial charge in [-0.25, -0.2) is 0 Å². The summed E-state index contributed by atoms with van der Waals surface area (Å²) in [5.41, 5.74) is 9.14. The molecule has 0 radical (unpaired) electrons. The highest BCUT2D eigenvalue weighted by Crippen LogP contribution is 2.33. The number of benzene rings is 1. The first-order chi connectivity index (χ1) is 24.2. The first-order valence-corrected chi connectivity index (χ1v) is 19.1. The lowest BCUT2D eigenvalue weighted by atomic mass is 9.90. The van der Waals surface area contributed by atoms with Crippen molar-refractivity contribution in [3.8, 4) is 0 Å². The van der Waals surface area contributed by atoms with Crippen LogP contribution in [-0.2, 0) is 30.4 Å². The quantitative estimate of drug-likeness (QED) is 0.411. The van der Waals surface area contributed by atoms with Crippen molar-refractivity contribution in [2.24, 2.45) is 17.6 Å². The maximum absolute atomic E-state index is 14.5. The molecule has 3 N–H and O–H groups in total. The van der Waals surface area contributed by atoms with Crippen molar-refractivity contribution in [3.05, 3.63) is 40.4 Å². The van der Waals surface area contributed by atoms with E-state index in [0.717, 1.165) is 61.6 Å². The third-order valence-corrected chi connectivity index (χ3v) is 11.0. The van der Waals surface area contributed by atoms with E-state index in [-0.39, 0.29) is 47.8 Å². The minimum atomic E-state index is -0.906. The second-order valence-electron chi connectivity index (χ2n) is 15.3. The van der Waals surface area contributed by atoms with Gasteiger partial charge in [-0.1, -0.05) is 63.3 Å². The fourth-order valence-electron chi connectivity index (χ4n) is 7.33. The molecule has 0 unspecified atom stereocenters. The summed E-state index contributed by atoms with van der Waals surface area (Å²) < 4.78 is 0. The van der Waals surface area contributed by atoms with Gasteiger partial charge in [0.1, 0.15) is 18.1 Å². The number of hydrogen-bond donors (Lipinski definition) is 2. The molecule has 1 aromatic rings. The van der Waals surface area contributed by atoms with Gasteiger partial charge in [-0.2, -0.15) is 0 Å². The number of nitrogens with two attached hydrogens (primary N) is 1. The number of carbonyl (C=O) groups is 5. The highest BCUT2D eigenvalue weighted by molar-refractivity contribution is 6.30. The summed E-state index contributed by atoms with van der Waals surface area (Å²) >= 11 is 6.54. The van der Waals surface area contributed by atoms with Crippen LogP contribution in [0.5, 0.6) is 0 Å². The topological polar surface area (TPSA) is 136 Å². The zero-order valence-corrected chi connectivity index (χ0v) is 32.2. The predicted octanol–water partition coefficient (Wildman–Crippen LogP) is 4.25. The Kier molecular flexibility index (Phi) is 14.5. The molecule has 2 heterocycles. The number of likely N-dealkylation sites (N-methyl/N-ethyl adjacent to an activating group) is 3. The lowest BCUT2D eigenvalue weighted by Crippen LogP contribution is -2.59. The van der Waals surface area contributed by atoms with Crippen LogP contribution in [0, 0.1) is 11.8 Å². The van der Waals surface area contributed by atoms with Crippen LogP contribution in [-0.4, -0.2) is 114 Å². The number of nitrogens with zero attached hydrogens (tertiary/aromatic N) is 4. The number of amides is 5. The molecule has 282 valence electrons. The van der Waals surface area contributed by atoms with Crippen molar-refractivity contribution in [2.75, 3.05) is 40.8 Å². The molecule has 12 heteroatoms. The van der Waals surface area contributed by atoms with E-state index in [1.807, 2.05) is 38.1 Å². The van der Waals surface area contributed by atoms with Gasteiger partial charge in [-0.05, 0) is 79.2 Å². The van der Waals surface area contributed by atoms with Crippen LogP contribution < -0.4 is 11.1 Å². The van der Waals surface area contributed by atoms with Crippen LogP contribution >= 0.6 is 11.6 Å². The zero-order chi connectivity index (χ0) is 37.4. The first kappa shape index (κ1) is 40.3. The van der Waals surface area contributed by atoms with Crippen LogP contribution in [0.15, 0.2) is 24.3 Å². The number of rotatable bonds is 8. The van der Waals surface area contributed by atoms with Gasteiger partial charge in [0.15, 0.2) is 0 Å². The average molecular weight is 727 g/mol. The Morgan fingerprint density at radius 2 is 1.69 bits per heavy atom. The summed E-state index contributed by atoms with van der Waals surface area (Å²) in [6.45, 7) is 7.19. The molecule has 4 rings (SSSR count). The molecule has 0 spiro atoms.